The first-order valence-electron chi connectivity index (χ1n) is 11.4. The molecule has 2 heterocycles. The fraction of sp³-hybridized carbons (Fsp3) is 0.455. The fourth-order valence-corrected chi connectivity index (χ4v) is 4.60. The molecule has 0 spiro atoms. The molecule has 12 nitrogen and oxygen atoms in total. The van der Waals surface area contributed by atoms with Crippen LogP contribution in [0.25, 0.3) is 11.2 Å². The van der Waals surface area contributed by atoms with Gasteiger partial charge < -0.3 is 29.0 Å². The van der Waals surface area contributed by atoms with E-state index in [1.807, 2.05) is 0 Å². The van der Waals surface area contributed by atoms with Crippen LogP contribution in [0.3, 0.4) is 0 Å². The van der Waals surface area contributed by atoms with Crippen molar-refractivity contribution >= 4 is 31.6 Å². The molecule has 4 rings (SSSR count). The van der Waals surface area contributed by atoms with Crippen molar-refractivity contribution in [1.29, 1.82) is 0 Å². The fourth-order valence-electron chi connectivity index (χ4n) is 3.63. The van der Waals surface area contributed by atoms with Crippen molar-refractivity contribution in [3.63, 3.8) is 0 Å². The first kappa shape index (κ1) is 26.0. The maximum atomic E-state index is 13.5. The van der Waals surface area contributed by atoms with Gasteiger partial charge in [-0.2, -0.15) is 4.98 Å². The van der Waals surface area contributed by atoms with E-state index >= 15 is 0 Å². The Bertz CT molecular complexity index is 1220. The molecule has 14 heteroatoms. The van der Waals surface area contributed by atoms with Gasteiger partial charge in [0.1, 0.15) is 18.3 Å². The second-order valence-electron chi connectivity index (χ2n) is 8.00. The number of anilines is 1. The number of H-pyrrole nitrogens is 1. The van der Waals surface area contributed by atoms with Gasteiger partial charge in [-0.15, -0.1) is 0 Å². The van der Waals surface area contributed by atoms with Crippen LogP contribution < -0.4 is 11.3 Å². The Kier molecular flexibility index (Phi) is 9.17. The van der Waals surface area contributed by atoms with Gasteiger partial charge >= 0.3 is 6.16 Å². The van der Waals surface area contributed by atoms with Gasteiger partial charge in [0, 0.05) is 6.54 Å². The van der Waals surface area contributed by atoms with E-state index in [2.05, 4.69) is 15.0 Å². The third-order valence-corrected chi connectivity index (χ3v) is 6.57. The number of nitrogens with two attached hydrogens (primary N) is 1. The minimum Gasteiger partial charge on any atom is -0.431 e. The second kappa shape index (κ2) is 12.7. The zero-order chi connectivity index (χ0) is 25.3. The molecule has 0 radical (unpaired) electrons. The Hall–Kier alpha value is -3.12. The second-order valence-corrected chi connectivity index (χ2v) is 9.44. The number of nitrogens with one attached hydrogen (secondary N) is 1. The van der Waals surface area contributed by atoms with Crippen LogP contribution in [0.5, 0.6) is 0 Å². The number of ether oxygens (including phenoxy) is 3. The zero-order valence-electron chi connectivity index (χ0n) is 19.4. The molecule has 0 aliphatic heterocycles. The predicted octanol–water partition coefficient (Wildman–Crippen LogP) is 3.41. The van der Waals surface area contributed by atoms with Gasteiger partial charge in [-0.3, -0.25) is 14.3 Å². The molecular weight excluding hydrogens is 496 g/mol. The lowest BCUT2D eigenvalue weighted by Gasteiger charge is -2.18. The number of imidazole rings is 1. The highest BCUT2D eigenvalue weighted by atomic mass is 31.2. The highest BCUT2D eigenvalue weighted by molar-refractivity contribution is 7.46. The number of hydrogen-bond donors (Lipinski definition) is 2. The van der Waals surface area contributed by atoms with Gasteiger partial charge in [0.2, 0.25) is 21.1 Å². The van der Waals surface area contributed by atoms with Gasteiger partial charge in [-0.25, -0.2) is 14.2 Å². The number of halogens is 1. The molecule has 194 valence electrons. The van der Waals surface area contributed by atoms with E-state index in [1.165, 1.54) is 18.5 Å². The number of carbonyl (C=O) groups is 1. The molecule has 3 aromatic rings. The number of hydrogen-bond acceptors (Lipinski definition) is 10. The van der Waals surface area contributed by atoms with Crippen LogP contribution in [0.15, 0.2) is 35.4 Å². The first-order chi connectivity index (χ1) is 17.5. The SMILES string of the molecule is Nc1nc2c(ncn2CCOCP(OCOC(=O)OC2CCCC2)OCc2cccc(F)c2)c(=O)[nH]1. The van der Waals surface area contributed by atoms with Crippen molar-refractivity contribution in [2.24, 2.45) is 0 Å². The van der Waals surface area contributed by atoms with Crippen molar-refractivity contribution in [2.75, 3.05) is 25.5 Å². The molecular formula is C22H27FN5O7P. The largest absolute Gasteiger partial charge is 0.510 e. The Morgan fingerprint density at radius 1 is 1.28 bits per heavy atom. The van der Waals surface area contributed by atoms with Crippen LogP contribution in [0.1, 0.15) is 31.2 Å². The first-order valence-corrected chi connectivity index (χ1v) is 12.7. The average Bonchev–Trinajstić information content (AvgIpc) is 3.50. The summed E-state index contributed by atoms with van der Waals surface area (Å²) in [6.45, 7) is 0.263. The maximum Gasteiger partial charge on any atom is 0.510 e. The predicted molar refractivity (Wildman–Crippen MR) is 127 cm³/mol. The molecule has 1 aromatic carbocycles. The summed E-state index contributed by atoms with van der Waals surface area (Å²) in [6, 6.07) is 5.99. The molecule has 1 aliphatic carbocycles. The van der Waals surface area contributed by atoms with Crippen LogP contribution >= 0.6 is 8.38 Å². The van der Waals surface area contributed by atoms with E-state index in [0.29, 0.717) is 17.8 Å². The van der Waals surface area contributed by atoms with E-state index in [-0.39, 0.29) is 49.7 Å². The van der Waals surface area contributed by atoms with E-state index in [1.54, 1.807) is 16.7 Å². The summed E-state index contributed by atoms with van der Waals surface area (Å²) in [4.78, 5) is 34.3. The van der Waals surface area contributed by atoms with Crippen LogP contribution in [0.4, 0.5) is 15.1 Å². The molecule has 3 N–H and O–H groups in total. The maximum absolute atomic E-state index is 13.5. The monoisotopic (exact) mass is 523 g/mol. The highest BCUT2D eigenvalue weighted by Crippen LogP contribution is 2.39. The quantitative estimate of drug-likeness (QED) is 0.156. The molecule has 1 unspecified atom stereocenters. The highest BCUT2D eigenvalue weighted by Gasteiger charge is 2.21. The molecule has 0 amide bonds. The van der Waals surface area contributed by atoms with E-state index < -0.39 is 20.1 Å². The normalized spacial score (nSPS) is 14.8. The minimum atomic E-state index is -1.65. The van der Waals surface area contributed by atoms with Crippen molar-refractivity contribution in [3.8, 4) is 0 Å². The number of nitrogen functional groups attached to an aromatic ring is 1. The van der Waals surface area contributed by atoms with Crippen molar-refractivity contribution in [1.82, 2.24) is 19.5 Å². The Morgan fingerprint density at radius 3 is 2.92 bits per heavy atom. The van der Waals surface area contributed by atoms with E-state index in [4.69, 9.17) is 29.0 Å². The van der Waals surface area contributed by atoms with Crippen LogP contribution in [0, 0.1) is 5.82 Å². The van der Waals surface area contributed by atoms with E-state index in [9.17, 15) is 14.0 Å². The third kappa shape index (κ3) is 7.44. The summed E-state index contributed by atoms with van der Waals surface area (Å²) in [6.07, 6.45) is 4.32. The molecule has 1 fully saturated rings. The summed E-state index contributed by atoms with van der Waals surface area (Å²) in [5, 5.41) is 0. The van der Waals surface area contributed by atoms with Gasteiger partial charge in [-0.05, 0) is 43.4 Å². The Balaban J connectivity index is 1.27. The Morgan fingerprint density at radius 2 is 2.11 bits per heavy atom. The molecule has 1 atom stereocenters. The number of nitrogens with zero attached hydrogens (tertiary/aromatic N) is 3. The number of fused-ring (bicyclic) bond motifs is 1. The molecule has 0 saturated heterocycles. The van der Waals surface area contributed by atoms with Crippen LogP contribution in [0.2, 0.25) is 0 Å². The standard InChI is InChI=1S/C22H27FN5O7P/c23-16-5-3-4-15(10-16)11-33-36(34-13-32-22(30)35-17-6-1-2-7-17)14-31-9-8-28-12-25-18-19(28)26-21(24)27-20(18)29/h3-5,10,12,17H,1-2,6-9,11,13-14H2,(H3,24,26,27,29). The summed E-state index contributed by atoms with van der Waals surface area (Å²) in [5.41, 5.74) is 6.32. The summed E-state index contributed by atoms with van der Waals surface area (Å²) < 4.78 is 42.4. The van der Waals surface area contributed by atoms with Crippen molar-refractivity contribution in [3.05, 3.63) is 52.3 Å². The average molecular weight is 523 g/mol. The molecule has 1 aliphatic rings. The summed E-state index contributed by atoms with van der Waals surface area (Å²) in [7, 11) is -1.65. The molecule has 0 bridgehead atoms. The van der Waals surface area contributed by atoms with Crippen molar-refractivity contribution in [2.45, 2.75) is 44.9 Å². The number of aromatic amines is 1. The van der Waals surface area contributed by atoms with Crippen LogP contribution in [-0.4, -0.2) is 51.5 Å². The minimum absolute atomic E-state index is 0.00991. The smallest absolute Gasteiger partial charge is 0.431 e. The van der Waals surface area contributed by atoms with Crippen LogP contribution in [-0.2, 0) is 36.4 Å². The van der Waals surface area contributed by atoms with Gasteiger partial charge in [0.15, 0.2) is 11.2 Å². The lowest BCUT2D eigenvalue weighted by molar-refractivity contribution is -0.0164. The zero-order valence-corrected chi connectivity index (χ0v) is 20.3. The number of benzene rings is 1. The topological polar surface area (TPSA) is 153 Å². The third-order valence-electron chi connectivity index (χ3n) is 5.37. The molecule has 2 aromatic heterocycles. The summed E-state index contributed by atoms with van der Waals surface area (Å²) >= 11 is 0. The van der Waals surface area contributed by atoms with Crippen molar-refractivity contribution < 1.29 is 32.4 Å². The lowest BCUT2D eigenvalue weighted by Crippen LogP contribution is -2.17. The van der Waals surface area contributed by atoms with Gasteiger partial charge in [-0.1, -0.05) is 12.1 Å². The molecule has 1 saturated carbocycles. The van der Waals surface area contributed by atoms with Gasteiger partial charge in [0.05, 0.1) is 19.5 Å². The summed E-state index contributed by atoms with van der Waals surface area (Å²) in [5.74, 6) is -0.388. The number of rotatable bonds is 12. The van der Waals surface area contributed by atoms with E-state index in [0.717, 1.165) is 25.7 Å². The number of aromatic nitrogens is 4. The Labute approximate surface area is 206 Å². The number of carbonyl (C=O) groups excluding carboxylic acids is 1. The molecule has 36 heavy (non-hydrogen) atoms. The lowest BCUT2D eigenvalue weighted by atomic mass is 10.2. The van der Waals surface area contributed by atoms with Gasteiger partial charge in [0.25, 0.3) is 5.56 Å².